The van der Waals surface area contributed by atoms with Gasteiger partial charge in [-0.25, -0.2) is 4.39 Å². The van der Waals surface area contributed by atoms with Gasteiger partial charge in [-0.15, -0.1) is 0 Å². The number of carbonyl (C=O) groups is 2. The molecule has 1 saturated heterocycles. The SMILES string of the molecule is COc1ccc(Cl)c(/C(O)=C2\C(=O)C(=O)N(c3ccc(F)c(Cl)c3)C2c2ccncc2)c1. The molecule has 0 radical (unpaired) electrons. The van der Waals surface area contributed by atoms with Gasteiger partial charge in [-0.3, -0.25) is 19.5 Å². The number of ether oxygens (including phenoxy) is 1. The highest BCUT2D eigenvalue weighted by Crippen LogP contribution is 2.43. The highest BCUT2D eigenvalue weighted by molar-refractivity contribution is 6.52. The monoisotopic (exact) mass is 472 g/mol. The van der Waals surface area contributed by atoms with E-state index in [1.807, 2.05) is 0 Å². The molecule has 32 heavy (non-hydrogen) atoms. The van der Waals surface area contributed by atoms with Gasteiger partial charge >= 0.3 is 0 Å². The van der Waals surface area contributed by atoms with E-state index in [-0.39, 0.29) is 26.9 Å². The average molecular weight is 473 g/mol. The lowest BCUT2D eigenvalue weighted by Gasteiger charge is -2.25. The number of aromatic nitrogens is 1. The summed E-state index contributed by atoms with van der Waals surface area (Å²) in [6.45, 7) is 0. The number of rotatable bonds is 4. The maximum atomic E-state index is 13.7. The first-order valence-electron chi connectivity index (χ1n) is 9.33. The van der Waals surface area contributed by atoms with Crippen molar-refractivity contribution in [1.82, 2.24) is 4.98 Å². The van der Waals surface area contributed by atoms with Gasteiger partial charge in [-0.05, 0) is 54.1 Å². The van der Waals surface area contributed by atoms with Crippen LogP contribution < -0.4 is 9.64 Å². The molecule has 0 aliphatic carbocycles. The zero-order valence-electron chi connectivity index (χ0n) is 16.6. The molecule has 1 atom stereocenters. The van der Waals surface area contributed by atoms with Crippen molar-refractivity contribution < 1.29 is 23.8 Å². The van der Waals surface area contributed by atoms with Crippen molar-refractivity contribution in [2.45, 2.75) is 6.04 Å². The van der Waals surface area contributed by atoms with Crippen molar-refractivity contribution in [3.05, 3.63) is 93.5 Å². The number of amides is 1. The van der Waals surface area contributed by atoms with Crippen molar-refractivity contribution in [2.24, 2.45) is 0 Å². The number of nitrogens with zero attached hydrogens (tertiary/aromatic N) is 2. The lowest BCUT2D eigenvalue weighted by Crippen LogP contribution is -2.29. The third-order valence-corrected chi connectivity index (χ3v) is 5.70. The van der Waals surface area contributed by atoms with Crippen molar-refractivity contribution >= 4 is 46.3 Å². The van der Waals surface area contributed by atoms with Gasteiger partial charge in [0.2, 0.25) is 0 Å². The van der Waals surface area contributed by atoms with Crippen LogP contribution in [0.25, 0.3) is 5.76 Å². The summed E-state index contributed by atoms with van der Waals surface area (Å²) in [6.07, 6.45) is 2.98. The summed E-state index contributed by atoms with van der Waals surface area (Å²) in [7, 11) is 1.45. The minimum Gasteiger partial charge on any atom is -0.507 e. The van der Waals surface area contributed by atoms with E-state index in [1.54, 1.807) is 18.2 Å². The third kappa shape index (κ3) is 3.70. The second-order valence-electron chi connectivity index (χ2n) is 6.89. The molecule has 162 valence electrons. The summed E-state index contributed by atoms with van der Waals surface area (Å²) in [4.78, 5) is 31.3. The number of benzene rings is 2. The van der Waals surface area contributed by atoms with Crippen LogP contribution in [0.4, 0.5) is 10.1 Å². The average Bonchev–Trinajstić information content (AvgIpc) is 3.07. The number of hydrogen-bond acceptors (Lipinski definition) is 5. The number of carbonyl (C=O) groups excluding carboxylic acids is 2. The summed E-state index contributed by atoms with van der Waals surface area (Å²) in [6, 6.07) is 10.4. The van der Waals surface area contributed by atoms with Crippen molar-refractivity contribution in [1.29, 1.82) is 0 Å². The van der Waals surface area contributed by atoms with Gasteiger partial charge in [0.15, 0.2) is 0 Å². The minimum atomic E-state index is -1.03. The quantitative estimate of drug-likeness (QED) is 0.322. The Morgan fingerprint density at radius 2 is 1.78 bits per heavy atom. The van der Waals surface area contributed by atoms with Crippen molar-refractivity contribution in [3.8, 4) is 5.75 Å². The van der Waals surface area contributed by atoms with Crippen molar-refractivity contribution in [2.75, 3.05) is 12.0 Å². The fraction of sp³-hybridized carbons (Fsp3) is 0.0870. The Balaban J connectivity index is 1.97. The number of anilines is 1. The molecule has 1 aromatic heterocycles. The molecular formula is C23H15Cl2FN2O4. The Bertz CT molecular complexity index is 1260. The number of ketones is 1. The molecular weight excluding hydrogens is 458 g/mol. The van der Waals surface area contributed by atoms with Gasteiger partial charge in [-0.2, -0.15) is 0 Å². The van der Waals surface area contributed by atoms with Gasteiger partial charge < -0.3 is 9.84 Å². The van der Waals surface area contributed by atoms with E-state index in [9.17, 15) is 19.1 Å². The van der Waals surface area contributed by atoms with E-state index >= 15 is 0 Å². The molecule has 1 aliphatic rings. The van der Waals surface area contributed by atoms with E-state index in [4.69, 9.17) is 27.9 Å². The summed E-state index contributed by atoms with van der Waals surface area (Å²) in [5.41, 5.74) is 0.633. The van der Waals surface area contributed by atoms with E-state index in [1.165, 1.54) is 43.8 Å². The van der Waals surface area contributed by atoms with Crippen LogP contribution in [0.1, 0.15) is 17.2 Å². The topological polar surface area (TPSA) is 79.7 Å². The molecule has 0 bridgehead atoms. The molecule has 1 aliphatic heterocycles. The Morgan fingerprint density at radius 1 is 1.06 bits per heavy atom. The molecule has 3 aromatic rings. The molecule has 2 heterocycles. The second-order valence-corrected chi connectivity index (χ2v) is 7.71. The van der Waals surface area contributed by atoms with E-state index in [2.05, 4.69) is 4.98 Å². The first-order chi connectivity index (χ1) is 15.3. The first-order valence-corrected chi connectivity index (χ1v) is 10.1. The van der Waals surface area contributed by atoms with Crippen LogP contribution in [0.3, 0.4) is 0 Å². The molecule has 1 N–H and O–H groups in total. The maximum absolute atomic E-state index is 13.7. The zero-order valence-corrected chi connectivity index (χ0v) is 18.1. The molecule has 0 saturated carbocycles. The molecule has 6 nitrogen and oxygen atoms in total. The van der Waals surface area contributed by atoms with Gasteiger partial charge in [0, 0.05) is 23.6 Å². The highest BCUT2D eigenvalue weighted by atomic mass is 35.5. The van der Waals surface area contributed by atoms with E-state index in [0.29, 0.717) is 11.3 Å². The highest BCUT2D eigenvalue weighted by Gasteiger charge is 2.47. The number of aliphatic hydroxyl groups is 1. The van der Waals surface area contributed by atoms with E-state index in [0.717, 1.165) is 11.0 Å². The fourth-order valence-electron chi connectivity index (χ4n) is 3.55. The Morgan fingerprint density at radius 3 is 2.44 bits per heavy atom. The second kappa shape index (κ2) is 8.61. The van der Waals surface area contributed by atoms with Gasteiger partial charge in [0.25, 0.3) is 11.7 Å². The lowest BCUT2D eigenvalue weighted by atomic mass is 9.95. The van der Waals surface area contributed by atoms with Crippen LogP contribution in [-0.2, 0) is 9.59 Å². The summed E-state index contributed by atoms with van der Waals surface area (Å²) >= 11 is 12.2. The standard InChI is InChI=1S/C23H15Cl2FN2O4/c1-32-14-3-4-16(24)15(11-14)21(29)19-20(12-6-8-27-9-7-12)28(23(31)22(19)30)13-2-5-18(26)17(25)10-13/h2-11,20,29H,1H3/b21-19+. The summed E-state index contributed by atoms with van der Waals surface area (Å²) in [5.74, 6) is -2.57. The smallest absolute Gasteiger partial charge is 0.300 e. The number of Topliss-reactive ketones (excluding diaryl/α,β-unsaturated/α-hetero) is 1. The van der Waals surface area contributed by atoms with Crippen LogP contribution >= 0.6 is 23.2 Å². The molecule has 0 spiro atoms. The lowest BCUT2D eigenvalue weighted by molar-refractivity contribution is -0.132. The predicted molar refractivity (Wildman–Crippen MR) is 118 cm³/mol. The van der Waals surface area contributed by atoms with E-state index < -0.39 is 29.3 Å². The van der Waals surface area contributed by atoms with Crippen LogP contribution in [0.2, 0.25) is 10.0 Å². The van der Waals surface area contributed by atoms with Gasteiger partial charge in [0.05, 0.1) is 28.8 Å². The maximum Gasteiger partial charge on any atom is 0.300 e. The zero-order chi connectivity index (χ0) is 23.0. The fourth-order valence-corrected chi connectivity index (χ4v) is 3.93. The Hall–Kier alpha value is -3.42. The predicted octanol–water partition coefficient (Wildman–Crippen LogP) is 5.16. The summed E-state index contributed by atoms with van der Waals surface area (Å²) in [5, 5.41) is 11.1. The molecule has 9 heteroatoms. The normalized spacial score (nSPS) is 17.6. The molecule has 4 rings (SSSR count). The Kier molecular flexibility index (Phi) is 5.86. The van der Waals surface area contributed by atoms with Crippen LogP contribution in [0.15, 0.2) is 66.5 Å². The molecule has 1 fully saturated rings. The first kappa shape index (κ1) is 21.8. The van der Waals surface area contributed by atoms with Crippen LogP contribution in [-0.4, -0.2) is 28.9 Å². The number of hydrogen-bond donors (Lipinski definition) is 1. The molecule has 1 unspecified atom stereocenters. The number of pyridine rings is 1. The summed E-state index contributed by atoms with van der Waals surface area (Å²) < 4.78 is 18.9. The van der Waals surface area contributed by atoms with Gasteiger partial charge in [0.1, 0.15) is 17.3 Å². The number of halogens is 3. The molecule has 2 aromatic carbocycles. The minimum absolute atomic E-state index is 0.125. The van der Waals surface area contributed by atoms with Gasteiger partial charge in [-0.1, -0.05) is 23.2 Å². The van der Waals surface area contributed by atoms with Crippen LogP contribution in [0.5, 0.6) is 5.75 Å². The number of methoxy groups -OCH3 is 1. The Labute approximate surface area is 192 Å². The number of aliphatic hydroxyl groups excluding tert-OH is 1. The van der Waals surface area contributed by atoms with Crippen LogP contribution in [0, 0.1) is 5.82 Å². The molecule has 1 amide bonds. The van der Waals surface area contributed by atoms with Crippen molar-refractivity contribution in [3.63, 3.8) is 0 Å². The largest absolute Gasteiger partial charge is 0.507 e. The third-order valence-electron chi connectivity index (χ3n) is 5.08.